The van der Waals surface area contributed by atoms with Gasteiger partial charge in [0.05, 0.1) is 17.8 Å². The number of thiazole rings is 2. The highest BCUT2D eigenvalue weighted by atomic mass is 35.5. The zero-order chi connectivity index (χ0) is 20.1. The highest BCUT2D eigenvalue weighted by Crippen LogP contribution is 2.23. The van der Waals surface area contributed by atoms with Gasteiger partial charge in [-0.05, 0) is 36.4 Å². The van der Waals surface area contributed by atoms with Gasteiger partial charge >= 0.3 is 0 Å². The molecule has 3 heterocycles. The molecular formula is C20H15ClN4O2S2. The van der Waals surface area contributed by atoms with E-state index < -0.39 is 0 Å². The monoisotopic (exact) mass is 442 g/mol. The summed E-state index contributed by atoms with van der Waals surface area (Å²) >= 11 is 8.68. The Morgan fingerprint density at radius 3 is 2.69 bits per heavy atom. The van der Waals surface area contributed by atoms with Crippen molar-refractivity contribution in [2.45, 2.75) is 13.0 Å². The predicted molar refractivity (Wildman–Crippen MR) is 116 cm³/mol. The van der Waals surface area contributed by atoms with Gasteiger partial charge in [0.25, 0.3) is 0 Å². The van der Waals surface area contributed by atoms with Crippen molar-refractivity contribution in [3.8, 4) is 17.1 Å². The van der Waals surface area contributed by atoms with E-state index in [-0.39, 0.29) is 12.3 Å². The number of benzene rings is 1. The standard InChI is InChI=1S/C20H15ClN4O2S2/c21-13-4-6-15(7-5-13)27-10-19-23-14(11-28-19)9-18(26)25-20-24-17(12-29-20)16-3-1-2-8-22-16/h1-8,11-12H,9-10H2,(H,24,25,26). The van der Waals surface area contributed by atoms with E-state index in [0.29, 0.717) is 22.5 Å². The zero-order valence-electron chi connectivity index (χ0n) is 15.0. The fourth-order valence-electron chi connectivity index (χ4n) is 2.46. The van der Waals surface area contributed by atoms with Crippen LogP contribution in [-0.4, -0.2) is 20.9 Å². The average Bonchev–Trinajstić information content (AvgIpc) is 3.38. The Labute approximate surface area is 180 Å². The van der Waals surface area contributed by atoms with Gasteiger partial charge in [-0.3, -0.25) is 9.78 Å². The van der Waals surface area contributed by atoms with Crippen molar-refractivity contribution in [3.05, 3.63) is 75.1 Å². The highest BCUT2D eigenvalue weighted by Gasteiger charge is 2.12. The van der Waals surface area contributed by atoms with Crippen molar-refractivity contribution >= 4 is 45.3 Å². The van der Waals surface area contributed by atoms with Crippen molar-refractivity contribution < 1.29 is 9.53 Å². The number of anilines is 1. The molecule has 4 rings (SSSR count). The lowest BCUT2D eigenvalue weighted by atomic mass is 10.3. The van der Waals surface area contributed by atoms with E-state index in [1.807, 2.05) is 29.0 Å². The van der Waals surface area contributed by atoms with Crippen LogP contribution in [0.2, 0.25) is 5.02 Å². The van der Waals surface area contributed by atoms with E-state index in [2.05, 4.69) is 20.3 Å². The minimum atomic E-state index is -0.164. The molecule has 6 nitrogen and oxygen atoms in total. The lowest BCUT2D eigenvalue weighted by Crippen LogP contribution is -2.14. The Morgan fingerprint density at radius 1 is 1.03 bits per heavy atom. The first-order chi connectivity index (χ1) is 14.2. The van der Waals surface area contributed by atoms with Gasteiger partial charge in [0.1, 0.15) is 23.1 Å². The lowest BCUT2D eigenvalue weighted by molar-refractivity contribution is -0.115. The molecule has 1 N–H and O–H groups in total. The van der Waals surface area contributed by atoms with E-state index >= 15 is 0 Å². The molecule has 0 aliphatic carbocycles. The minimum Gasteiger partial charge on any atom is -0.486 e. The van der Waals surface area contributed by atoms with Crippen molar-refractivity contribution in [2.75, 3.05) is 5.32 Å². The molecule has 0 unspecified atom stereocenters. The number of ether oxygens (including phenoxy) is 1. The van der Waals surface area contributed by atoms with Crippen LogP contribution in [0, 0.1) is 0 Å². The second kappa shape index (κ2) is 9.13. The van der Waals surface area contributed by atoms with Crippen LogP contribution in [0.3, 0.4) is 0 Å². The first-order valence-corrected chi connectivity index (χ1v) is 10.8. The largest absolute Gasteiger partial charge is 0.486 e. The summed E-state index contributed by atoms with van der Waals surface area (Å²) in [6, 6.07) is 12.8. The summed E-state index contributed by atoms with van der Waals surface area (Å²) in [7, 11) is 0. The van der Waals surface area contributed by atoms with Crippen LogP contribution in [0.25, 0.3) is 11.4 Å². The quantitative estimate of drug-likeness (QED) is 0.432. The van der Waals surface area contributed by atoms with E-state index in [0.717, 1.165) is 22.1 Å². The molecule has 0 saturated carbocycles. The minimum absolute atomic E-state index is 0.164. The molecule has 1 amide bonds. The fourth-order valence-corrected chi connectivity index (χ4v) is 4.01. The summed E-state index contributed by atoms with van der Waals surface area (Å²) in [6.45, 7) is 0.341. The Morgan fingerprint density at radius 2 is 1.90 bits per heavy atom. The highest BCUT2D eigenvalue weighted by molar-refractivity contribution is 7.14. The molecule has 0 saturated heterocycles. The number of rotatable bonds is 7. The summed E-state index contributed by atoms with van der Waals surface area (Å²) in [6.07, 6.45) is 1.89. The van der Waals surface area contributed by atoms with Gasteiger partial charge in [-0.15, -0.1) is 22.7 Å². The van der Waals surface area contributed by atoms with Gasteiger partial charge in [-0.25, -0.2) is 9.97 Å². The fraction of sp³-hybridized carbons (Fsp3) is 0.100. The van der Waals surface area contributed by atoms with Gasteiger partial charge in [-0.2, -0.15) is 0 Å². The van der Waals surface area contributed by atoms with Crippen molar-refractivity contribution in [1.82, 2.24) is 15.0 Å². The first-order valence-electron chi connectivity index (χ1n) is 8.64. The molecule has 29 heavy (non-hydrogen) atoms. The molecule has 0 atom stereocenters. The van der Waals surface area contributed by atoms with Crippen LogP contribution >= 0.6 is 34.3 Å². The molecule has 0 fully saturated rings. The third-order valence-corrected chi connectivity index (χ3v) is 5.68. The van der Waals surface area contributed by atoms with Gasteiger partial charge in [0.2, 0.25) is 5.91 Å². The molecule has 9 heteroatoms. The molecule has 0 aliphatic heterocycles. The molecule has 0 aliphatic rings. The van der Waals surface area contributed by atoms with Gasteiger partial charge in [0, 0.05) is 22.0 Å². The molecule has 3 aromatic heterocycles. The summed E-state index contributed by atoms with van der Waals surface area (Å²) < 4.78 is 5.68. The van der Waals surface area contributed by atoms with Crippen LogP contribution in [0.4, 0.5) is 5.13 Å². The number of halogens is 1. The number of carbonyl (C=O) groups excluding carboxylic acids is 1. The van der Waals surface area contributed by atoms with Crippen molar-refractivity contribution in [3.63, 3.8) is 0 Å². The van der Waals surface area contributed by atoms with Crippen LogP contribution in [0.1, 0.15) is 10.7 Å². The number of hydrogen-bond acceptors (Lipinski definition) is 7. The number of nitrogens with one attached hydrogen (secondary N) is 1. The SMILES string of the molecule is O=C(Cc1csc(COc2ccc(Cl)cc2)n1)Nc1nc(-c2ccccn2)cs1. The number of nitrogens with zero attached hydrogens (tertiary/aromatic N) is 3. The smallest absolute Gasteiger partial charge is 0.232 e. The third-order valence-electron chi connectivity index (χ3n) is 3.79. The van der Waals surface area contributed by atoms with Gasteiger partial charge in [-0.1, -0.05) is 17.7 Å². The number of pyridine rings is 1. The topological polar surface area (TPSA) is 77.0 Å². The molecule has 146 valence electrons. The zero-order valence-corrected chi connectivity index (χ0v) is 17.4. The summed E-state index contributed by atoms with van der Waals surface area (Å²) in [4.78, 5) is 25.4. The van der Waals surface area contributed by atoms with Crippen LogP contribution in [-0.2, 0) is 17.8 Å². The second-order valence-corrected chi connectivity index (χ2v) is 8.19. The number of aromatic nitrogens is 3. The van der Waals surface area contributed by atoms with Crippen LogP contribution in [0.15, 0.2) is 59.4 Å². The normalized spacial score (nSPS) is 10.7. The maximum Gasteiger partial charge on any atom is 0.232 e. The predicted octanol–water partition coefficient (Wildman–Crippen LogP) is 5.08. The molecule has 4 aromatic rings. The summed E-state index contributed by atoms with van der Waals surface area (Å²) in [5.41, 5.74) is 2.21. The maximum absolute atomic E-state index is 12.3. The second-order valence-electron chi connectivity index (χ2n) is 5.95. The van der Waals surface area contributed by atoms with Crippen LogP contribution in [0.5, 0.6) is 5.75 Å². The Kier molecular flexibility index (Phi) is 6.14. The summed E-state index contributed by atoms with van der Waals surface area (Å²) in [5, 5.41) is 8.54. The number of amides is 1. The number of carbonyl (C=O) groups is 1. The van der Waals surface area contributed by atoms with Gasteiger partial charge < -0.3 is 10.1 Å². The van der Waals surface area contributed by atoms with Crippen molar-refractivity contribution in [2.24, 2.45) is 0 Å². The van der Waals surface area contributed by atoms with Crippen LogP contribution < -0.4 is 10.1 Å². The van der Waals surface area contributed by atoms with E-state index in [4.69, 9.17) is 16.3 Å². The molecule has 0 radical (unpaired) electrons. The average molecular weight is 443 g/mol. The van der Waals surface area contributed by atoms with Gasteiger partial charge in [0.15, 0.2) is 5.13 Å². The van der Waals surface area contributed by atoms with E-state index in [1.165, 1.54) is 22.7 Å². The van der Waals surface area contributed by atoms with E-state index in [9.17, 15) is 4.79 Å². The molecule has 1 aromatic carbocycles. The Balaban J connectivity index is 1.30. The summed E-state index contributed by atoms with van der Waals surface area (Å²) in [5.74, 6) is 0.554. The molecule has 0 spiro atoms. The van der Waals surface area contributed by atoms with Crippen molar-refractivity contribution in [1.29, 1.82) is 0 Å². The third kappa shape index (κ3) is 5.38. The molecule has 0 bridgehead atoms. The Bertz CT molecular complexity index is 1100. The number of hydrogen-bond donors (Lipinski definition) is 1. The maximum atomic E-state index is 12.3. The Hall–Kier alpha value is -2.81. The van der Waals surface area contributed by atoms with E-state index in [1.54, 1.807) is 30.5 Å². The molecular weight excluding hydrogens is 428 g/mol. The first kappa shape index (κ1) is 19.5. The lowest BCUT2D eigenvalue weighted by Gasteiger charge is -2.03.